The summed E-state index contributed by atoms with van der Waals surface area (Å²) < 4.78 is 7.76. The minimum absolute atomic E-state index is 0.125. The summed E-state index contributed by atoms with van der Waals surface area (Å²) >= 11 is 0. The Hall–Kier alpha value is -3.08. The van der Waals surface area contributed by atoms with E-state index in [9.17, 15) is 4.79 Å². The Bertz CT molecular complexity index is 944. The number of benzene rings is 1. The van der Waals surface area contributed by atoms with E-state index >= 15 is 0 Å². The van der Waals surface area contributed by atoms with Crippen molar-refractivity contribution < 1.29 is 9.53 Å². The monoisotopic (exact) mass is 363 g/mol. The average molecular weight is 363 g/mol. The lowest BCUT2D eigenvalue weighted by Crippen LogP contribution is -2.23. The van der Waals surface area contributed by atoms with E-state index in [0.29, 0.717) is 19.6 Å². The van der Waals surface area contributed by atoms with Crippen LogP contribution in [0.2, 0.25) is 0 Å². The highest BCUT2D eigenvalue weighted by Gasteiger charge is 2.04. The summed E-state index contributed by atoms with van der Waals surface area (Å²) in [5, 5.41) is 2.91. The summed E-state index contributed by atoms with van der Waals surface area (Å²) in [7, 11) is 0. The molecule has 0 saturated heterocycles. The molecule has 0 fully saturated rings. The number of amides is 1. The Morgan fingerprint density at radius 2 is 2.07 bits per heavy atom. The fourth-order valence-corrected chi connectivity index (χ4v) is 2.82. The van der Waals surface area contributed by atoms with Crippen LogP contribution >= 0.6 is 0 Å². The quantitative estimate of drug-likeness (QED) is 0.619. The summed E-state index contributed by atoms with van der Waals surface area (Å²) in [6.07, 6.45) is 6.99. The summed E-state index contributed by atoms with van der Waals surface area (Å²) in [5.41, 5.74) is 3.94. The second kappa shape index (κ2) is 9.03. The molecule has 2 heterocycles. The fourth-order valence-electron chi connectivity index (χ4n) is 2.82. The van der Waals surface area contributed by atoms with Gasteiger partial charge < -0.3 is 14.5 Å². The van der Waals surface area contributed by atoms with E-state index in [0.717, 1.165) is 34.8 Å². The number of ether oxygens (including phenoxy) is 1. The van der Waals surface area contributed by atoms with Crippen molar-refractivity contribution in [2.45, 2.75) is 26.7 Å². The minimum Gasteiger partial charge on any atom is -0.493 e. The van der Waals surface area contributed by atoms with Gasteiger partial charge in [-0.05, 0) is 37.6 Å². The van der Waals surface area contributed by atoms with Crippen molar-refractivity contribution in [1.29, 1.82) is 0 Å². The van der Waals surface area contributed by atoms with Gasteiger partial charge in [-0.15, -0.1) is 0 Å². The standard InChI is InChI=1S/C22H25N3O2/c1-3-15-27-20-9-5-4-8-18(20)11-12-22(26)23-14-13-19-16-25-17(2)7-6-10-21(25)24-19/h4-12,16H,3,13-15H2,1-2H3,(H,23,26)/b12-11+. The van der Waals surface area contributed by atoms with E-state index in [1.807, 2.05) is 55.6 Å². The number of nitrogens with one attached hydrogen (secondary N) is 1. The van der Waals surface area contributed by atoms with Gasteiger partial charge in [0.25, 0.3) is 0 Å². The number of carbonyl (C=O) groups is 1. The highest BCUT2D eigenvalue weighted by Crippen LogP contribution is 2.19. The van der Waals surface area contributed by atoms with Crippen molar-refractivity contribution >= 4 is 17.6 Å². The van der Waals surface area contributed by atoms with Gasteiger partial charge in [-0.1, -0.05) is 31.2 Å². The van der Waals surface area contributed by atoms with E-state index in [2.05, 4.69) is 21.6 Å². The molecule has 0 spiro atoms. The molecule has 1 aromatic carbocycles. The van der Waals surface area contributed by atoms with Crippen LogP contribution in [0.4, 0.5) is 0 Å². The summed E-state index contributed by atoms with van der Waals surface area (Å²) in [6, 6.07) is 13.7. The van der Waals surface area contributed by atoms with Gasteiger partial charge in [-0.3, -0.25) is 4.79 Å². The van der Waals surface area contributed by atoms with Gasteiger partial charge in [-0.2, -0.15) is 0 Å². The number of rotatable bonds is 8. The number of carbonyl (C=O) groups excluding carboxylic acids is 1. The zero-order valence-electron chi connectivity index (χ0n) is 15.8. The summed E-state index contributed by atoms with van der Waals surface area (Å²) in [5.74, 6) is 0.670. The molecule has 140 valence electrons. The third-order valence-electron chi connectivity index (χ3n) is 4.22. The Balaban J connectivity index is 1.53. The van der Waals surface area contributed by atoms with E-state index < -0.39 is 0 Å². The molecule has 0 saturated carbocycles. The number of imidazole rings is 1. The molecule has 3 rings (SSSR count). The van der Waals surface area contributed by atoms with Crippen molar-refractivity contribution in [2.75, 3.05) is 13.2 Å². The third kappa shape index (κ3) is 4.97. The molecule has 0 aliphatic rings. The molecule has 5 heteroatoms. The van der Waals surface area contributed by atoms with Gasteiger partial charge in [0.05, 0.1) is 12.3 Å². The Labute approximate surface area is 159 Å². The second-order valence-corrected chi connectivity index (χ2v) is 6.39. The number of para-hydroxylation sites is 1. The summed E-state index contributed by atoms with van der Waals surface area (Å²) in [4.78, 5) is 16.7. The van der Waals surface area contributed by atoms with Crippen LogP contribution in [-0.4, -0.2) is 28.4 Å². The number of fused-ring (bicyclic) bond motifs is 1. The molecule has 0 aliphatic heterocycles. The maximum absolute atomic E-state index is 12.1. The van der Waals surface area contributed by atoms with E-state index in [4.69, 9.17) is 4.74 Å². The topological polar surface area (TPSA) is 55.6 Å². The van der Waals surface area contributed by atoms with Crippen molar-refractivity contribution in [1.82, 2.24) is 14.7 Å². The average Bonchev–Trinajstić information content (AvgIpc) is 3.10. The lowest BCUT2D eigenvalue weighted by molar-refractivity contribution is -0.116. The predicted molar refractivity (Wildman–Crippen MR) is 108 cm³/mol. The lowest BCUT2D eigenvalue weighted by atomic mass is 10.2. The number of nitrogens with zero attached hydrogens (tertiary/aromatic N) is 2. The maximum Gasteiger partial charge on any atom is 0.244 e. The van der Waals surface area contributed by atoms with E-state index in [1.165, 1.54) is 0 Å². The Morgan fingerprint density at radius 1 is 1.22 bits per heavy atom. The van der Waals surface area contributed by atoms with Crippen LogP contribution in [0.15, 0.2) is 54.7 Å². The highest BCUT2D eigenvalue weighted by atomic mass is 16.5. The first kappa shape index (κ1) is 18.7. The molecule has 0 atom stereocenters. The number of pyridine rings is 1. The molecule has 1 N–H and O–H groups in total. The molecule has 0 radical (unpaired) electrons. The SMILES string of the molecule is CCCOc1ccccc1/C=C/C(=O)NCCc1cn2c(C)cccc2n1. The molecule has 0 bridgehead atoms. The van der Waals surface area contributed by atoms with E-state index in [-0.39, 0.29) is 5.91 Å². The van der Waals surface area contributed by atoms with Gasteiger partial charge in [0.1, 0.15) is 11.4 Å². The zero-order valence-corrected chi connectivity index (χ0v) is 15.8. The lowest BCUT2D eigenvalue weighted by Gasteiger charge is -2.07. The highest BCUT2D eigenvalue weighted by molar-refractivity contribution is 5.92. The van der Waals surface area contributed by atoms with Gasteiger partial charge >= 0.3 is 0 Å². The Kier molecular flexibility index (Phi) is 6.26. The molecule has 1 amide bonds. The number of hydrogen-bond donors (Lipinski definition) is 1. The minimum atomic E-state index is -0.125. The van der Waals surface area contributed by atoms with Crippen molar-refractivity contribution in [2.24, 2.45) is 0 Å². The van der Waals surface area contributed by atoms with Gasteiger partial charge in [0.2, 0.25) is 5.91 Å². The van der Waals surface area contributed by atoms with Crippen molar-refractivity contribution in [3.8, 4) is 5.75 Å². The predicted octanol–water partition coefficient (Wildman–Crippen LogP) is 3.80. The third-order valence-corrected chi connectivity index (χ3v) is 4.22. The van der Waals surface area contributed by atoms with Gasteiger partial charge in [-0.25, -0.2) is 4.98 Å². The van der Waals surface area contributed by atoms with Crippen LogP contribution < -0.4 is 10.1 Å². The smallest absolute Gasteiger partial charge is 0.244 e. The molecular formula is C22H25N3O2. The number of hydrogen-bond acceptors (Lipinski definition) is 3. The largest absolute Gasteiger partial charge is 0.493 e. The zero-order chi connectivity index (χ0) is 19.1. The van der Waals surface area contributed by atoms with Crippen molar-refractivity contribution in [3.63, 3.8) is 0 Å². The summed E-state index contributed by atoms with van der Waals surface area (Å²) in [6.45, 7) is 5.32. The number of aryl methyl sites for hydroxylation is 1. The van der Waals surface area contributed by atoms with Crippen LogP contribution in [0.1, 0.15) is 30.3 Å². The molecule has 27 heavy (non-hydrogen) atoms. The van der Waals surface area contributed by atoms with Crippen LogP contribution in [0.3, 0.4) is 0 Å². The van der Waals surface area contributed by atoms with Gasteiger partial charge in [0, 0.05) is 36.5 Å². The second-order valence-electron chi connectivity index (χ2n) is 6.39. The molecule has 3 aromatic rings. The molecular weight excluding hydrogens is 338 g/mol. The van der Waals surface area contributed by atoms with Crippen molar-refractivity contribution in [3.05, 3.63) is 71.7 Å². The fraction of sp³-hybridized carbons (Fsp3) is 0.273. The van der Waals surface area contributed by atoms with Crippen LogP contribution in [0.25, 0.3) is 11.7 Å². The van der Waals surface area contributed by atoms with Crippen LogP contribution in [0, 0.1) is 6.92 Å². The number of aromatic nitrogens is 2. The normalized spacial score (nSPS) is 11.2. The molecule has 0 aliphatic carbocycles. The van der Waals surface area contributed by atoms with Crippen LogP contribution in [-0.2, 0) is 11.2 Å². The van der Waals surface area contributed by atoms with E-state index in [1.54, 1.807) is 12.2 Å². The maximum atomic E-state index is 12.1. The molecule has 5 nitrogen and oxygen atoms in total. The first-order chi connectivity index (χ1) is 13.2. The van der Waals surface area contributed by atoms with Gasteiger partial charge in [0.15, 0.2) is 0 Å². The Morgan fingerprint density at radius 3 is 2.89 bits per heavy atom. The molecule has 0 unspecified atom stereocenters. The molecule has 2 aromatic heterocycles. The first-order valence-corrected chi connectivity index (χ1v) is 9.28. The van der Waals surface area contributed by atoms with Crippen LogP contribution in [0.5, 0.6) is 5.75 Å². The first-order valence-electron chi connectivity index (χ1n) is 9.28.